The monoisotopic (exact) mass is 957 g/mol. The van der Waals surface area contributed by atoms with Crippen molar-refractivity contribution >= 4 is 75.1 Å². The Morgan fingerprint density at radius 3 is 2.34 bits per heavy atom. The number of amides is 2. The average molecular weight is 958 g/mol. The molecular weight excluding hydrogens is 911 g/mol. The number of hydrogen-bond acceptors (Lipinski definition) is 19. The number of nitrogen functional groups attached to an aromatic ring is 1. The Bertz CT molecular complexity index is 2200. The van der Waals surface area contributed by atoms with Gasteiger partial charge >= 0.3 is 29.4 Å². The molecule has 1 saturated heterocycles. The number of nitrogens with one attached hydrogen (secondary N) is 2. The number of carboxylic acid groups (broad SMARTS) is 1. The lowest BCUT2D eigenvalue weighted by Gasteiger charge is -2.30. The molecule has 30 heteroatoms. The van der Waals surface area contributed by atoms with Crippen molar-refractivity contribution in [1.82, 2.24) is 30.2 Å². The highest BCUT2D eigenvalue weighted by molar-refractivity contribution is 8.13. The van der Waals surface area contributed by atoms with Crippen LogP contribution >= 0.6 is 35.2 Å². The fourth-order valence-electron chi connectivity index (χ4n) is 5.75. The number of hydrogen-bond donors (Lipinski definition) is 10. The maximum absolute atomic E-state index is 12.7. The summed E-state index contributed by atoms with van der Waals surface area (Å²) in [5.41, 5.74) is 5.00. The zero-order chi connectivity index (χ0) is 46.0. The first kappa shape index (κ1) is 50.9. The minimum absolute atomic E-state index is 0.0182. The lowest BCUT2D eigenvalue weighted by Crippen LogP contribution is -2.46. The topological polar surface area (TPSA) is 401 Å². The number of imidazole rings is 1. The van der Waals surface area contributed by atoms with Crippen molar-refractivity contribution in [3.05, 3.63) is 48.5 Å². The van der Waals surface area contributed by atoms with E-state index < -0.39 is 96.4 Å². The number of fused-ring (bicyclic) bond motifs is 1. The van der Waals surface area contributed by atoms with E-state index in [4.69, 9.17) is 19.5 Å². The maximum atomic E-state index is 12.7. The van der Waals surface area contributed by atoms with Crippen molar-refractivity contribution < 1.29 is 90.4 Å². The van der Waals surface area contributed by atoms with Gasteiger partial charge in [0.2, 0.25) is 11.8 Å². The normalized spacial score (nSPS) is 21.1. The predicted molar refractivity (Wildman–Crippen MR) is 213 cm³/mol. The molecule has 1 fully saturated rings. The summed E-state index contributed by atoms with van der Waals surface area (Å²) in [6.07, 6.45) is -7.25. The smallest absolute Gasteiger partial charge is 0.481 e. The van der Waals surface area contributed by atoms with Gasteiger partial charge in [0.05, 0.1) is 26.0 Å². The summed E-state index contributed by atoms with van der Waals surface area (Å²) in [6.45, 7) is 0.165. The Balaban J connectivity index is 1.21. The molecule has 3 heterocycles. The number of carbonyl (C=O) groups is 4. The minimum atomic E-state index is -5.60. The molecule has 0 saturated carbocycles. The summed E-state index contributed by atoms with van der Waals surface area (Å²) < 4.78 is 62.2. The molecule has 0 aliphatic carbocycles. The zero-order valence-electron chi connectivity index (χ0n) is 32.8. The van der Waals surface area contributed by atoms with E-state index >= 15 is 0 Å². The molecule has 3 aromatic rings. The van der Waals surface area contributed by atoms with Crippen LogP contribution in [0.2, 0.25) is 0 Å². The van der Waals surface area contributed by atoms with Crippen LogP contribution in [0.4, 0.5) is 5.82 Å². The molecule has 8 unspecified atom stereocenters. The van der Waals surface area contributed by atoms with Crippen LogP contribution in [-0.4, -0.2) is 134 Å². The number of anilines is 1. The van der Waals surface area contributed by atoms with Crippen LogP contribution in [0.3, 0.4) is 0 Å². The SMILES string of the molecule is CC(C)(COP(=O)(O)OP(=O)(O)OCC1OC(n2cnc3c(N)ncnc32)C(O)C1OP(=O)(O)O)C(O)C(=O)NCCC(=O)NCCSC(=O)C(CC(=O)O)Cc1ccccc1. The maximum Gasteiger partial charge on any atom is 0.481 e. The highest BCUT2D eigenvalue weighted by Gasteiger charge is 2.50. The standard InChI is InChI=1S/C32H46N7O19P3S/c1-32(2,26(44)29(45)35-9-8-21(40)34-10-11-62-31(46)19(13-22(41)42)12-18-6-4-3-5-7-18)15-55-61(52,53)58-60(50,51)54-14-20-25(57-59(47,48)49)24(43)30(56-20)39-17-38-23-27(33)36-16-37-28(23)39/h3-7,16-17,19-20,24-26,30,43-44H,8-15H2,1-2H3,(H,34,40)(H,35,45)(H,41,42)(H,50,51)(H,52,53)(H2,33,36,37)(H2,47,48,49). The number of aliphatic hydroxyl groups is 2. The van der Waals surface area contributed by atoms with Gasteiger partial charge in [0.1, 0.15) is 36.3 Å². The third-order valence-electron chi connectivity index (χ3n) is 8.83. The number of benzene rings is 1. The summed E-state index contributed by atoms with van der Waals surface area (Å²) >= 11 is 0.876. The quantitative estimate of drug-likeness (QED) is 0.0417. The largest absolute Gasteiger partial charge is 0.481 e. The highest BCUT2D eigenvalue weighted by Crippen LogP contribution is 2.61. The van der Waals surface area contributed by atoms with Gasteiger partial charge in [-0.05, 0) is 12.0 Å². The van der Waals surface area contributed by atoms with Crippen LogP contribution in [0.15, 0.2) is 43.0 Å². The number of aromatic nitrogens is 4. The van der Waals surface area contributed by atoms with Crippen LogP contribution in [0, 0.1) is 11.3 Å². The van der Waals surface area contributed by atoms with Crippen LogP contribution in [0.1, 0.15) is 38.5 Å². The number of rotatable bonds is 24. The van der Waals surface area contributed by atoms with Gasteiger partial charge in [-0.15, -0.1) is 0 Å². The van der Waals surface area contributed by atoms with Crippen LogP contribution in [0.5, 0.6) is 0 Å². The summed E-state index contributed by atoms with van der Waals surface area (Å²) in [5.74, 6) is -3.34. The van der Waals surface area contributed by atoms with Gasteiger partial charge in [-0.2, -0.15) is 4.31 Å². The first-order valence-corrected chi connectivity index (χ1v) is 23.7. The van der Waals surface area contributed by atoms with Gasteiger partial charge in [-0.3, -0.25) is 37.3 Å². The molecule has 26 nitrogen and oxygen atoms in total. The van der Waals surface area contributed by atoms with Crippen LogP contribution < -0.4 is 16.4 Å². The lowest BCUT2D eigenvalue weighted by molar-refractivity contribution is -0.139. The van der Waals surface area contributed by atoms with Crippen LogP contribution in [-0.2, 0) is 61.9 Å². The molecule has 1 aliphatic heterocycles. The first-order valence-electron chi connectivity index (χ1n) is 18.2. The van der Waals surface area contributed by atoms with E-state index in [2.05, 4.69) is 34.4 Å². The molecule has 2 aromatic heterocycles. The van der Waals surface area contributed by atoms with Crippen molar-refractivity contribution in [2.45, 2.75) is 63.8 Å². The van der Waals surface area contributed by atoms with Gasteiger partial charge in [0.25, 0.3) is 0 Å². The summed E-state index contributed by atoms with van der Waals surface area (Å²) in [6, 6.07) is 8.92. The predicted octanol–water partition coefficient (Wildman–Crippen LogP) is -0.00170. The Morgan fingerprint density at radius 1 is 1.00 bits per heavy atom. The van der Waals surface area contributed by atoms with Crippen molar-refractivity contribution in [2.75, 3.05) is 37.8 Å². The lowest BCUT2D eigenvalue weighted by atomic mass is 9.87. The molecule has 62 heavy (non-hydrogen) atoms. The highest BCUT2D eigenvalue weighted by atomic mass is 32.2. The molecule has 0 spiro atoms. The van der Waals surface area contributed by atoms with Gasteiger partial charge < -0.3 is 56.0 Å². The van der Waals surface area contributed by atoms with Gasteiger partial charge in [-0.1, -0.05) is 55.9 Å². The zero-order valence-corrected chi connectivity index (χ0v) is 36.3. The Kier molecular flexibility index (Phi) is 17.9. The molecule has 11 N–H and O–H groups in total. The molecule has 1 aromatic carbocycles. The van der Waals surface area contributed by atoms with E-state index in [0.29, 0.717) is 0 Å². The van der Waals surface area contributed by atoms with Gasteiger partial charge in [-0.25, -0.2) is 28.6 Å². The van der Waals surface area contributed by atoms with E-state index in [1.54, 1.807) is 30.3 Å². The Hall–Kier alpha value is -3.75. The van der Waals surface area contributed by atoms with Crippen molar-refractivity contribution in [3.8, 4) is 0 Å². The summed E-state index contributed by atoms with van der Waals surface area (Å²) in [7, 11) is -16.5. The second-order valence-corrected chi connectivity index (χ2v) is 19.6. The second-order valence-electron chi connectivity index (χ2n) is 14.2. The molecule has 0 radical (unpaired) electrons. The Labute approximate surface area is 356 Å². The number of aliphatic hydroxyl groups excluding tert-OH is 2. The molecule has 1 aliphatic rings. The molecule has 0 bridgehead atoms. The number of nitrogens with zero attached hydrogens (tertiary/aromatic N) is 4. The summed E-state index contributed by atoms with van der Waals surface area (Å²) in [4.78, 5) is 100.0. The molecular formula is C32H46N7O19P3S. The van der Waals surface area contributed by atoms with E-state index in [9.17, 15) is 67.8 Å². The van der Waals surface area contributed by atoms with E-state index in [0.717, 1.165) is 34.5 Å². The van der Waals surface area contributed by atoms with Crippen molar-refractivity contribution in [1.29, 1.82) is 0 Å². The molecule has 344 valence electrons. The fourth-order valence-corrected chi connectivity index (χ4v) is 9.38. The molecule has 4 rings (SSSR count). The third kappa shape index (κ3) is 15.2. The van der Waals surface area contributed by atoms with Crippen molar-refractivity contribution in [2.24, 2.45) is 11.3 Å². The van der Waals surface area contributed by atoms with Crippen molar-refractivity contribution in [3.63, 3.8) is 0 Å². The number of carbonyl (C=O) groups excluding carboxylic acids is 3. The number of phosphoric ester groups is 3. The average Bonchev–Trinajstić information content (AvgIpc) is 3.74. The number of ether oxygens (including phenoxy) is 1. The summed E-state index contributed by atoms with van der Waals surface area (Å²) in [5, 5.41) is 35.3. The second kappa shape index (κ2) is 21.8. The van der Waals surface area contributed by atoms with Gasteiger partial charge in [0.15, 0.2) is 22.8 Å². The molecule has 8 atom stereocenters. The fraction of sp³-hybridized carbons (Fsp3) is 0.531. The molecule has 2 amide bonds. The Morgan fingerprint density at radius 2 is 1.68 bits per heavy atom. The third-order valence-corrected chi connectivity index (χ3v) is 13.0. The number of thioether (sulfide) groups is 1. The number of aliphatic carboxylic acids is 1. The minimum Gasteiger partial charge on any atom is -0.481 e. The van der Waals surface area contributed by atoms with Crippen LogP contribution in [0.25, 0.3) is 11.2 Å². The van der Waals surface area contributed by atoms with E-state index in [1.807, 2.05) is 0 Å². The van der Waals surface area contributed by atoms with E-state index in [-0.39, 0.29) is 60.2 Å². The van der Waals surface area contributed by atoms with E-state index in [1.165, 1.54) is 13.8 Å². The number of nitrogens with two attached hydrogens (primary N) is 1. The number of carboxylic acids is 1. The van der Waals surface area contributed by atoms with Gasteiger partial charge in [0, 0.05) is 36.6 Å². The number of phosphoric acid groups is 3. The first-order chi connectivity index (χ1) is 28.9.